The van der Waals surface area contributed by atoms with Crippen molar-refractivity contribution in [2.45, 2.75) is 45.0 Å². The number of hydrogen-bond donors (Lipinski definition) is 0. The Kier molecular flexibility index (Phi) is 2.05. The molecule has 3 heterocycles. The first kappa shape index (κ1) is 12.9. The zero-order valence-electron chi connectivity index (χ0n) is 13.3. The van der Waals surface area contributed by atoms with Crippen molar-refractivity contribution in [3.63, 3.8) is 0 Å². The van der Waals surface area contributed by atoms with Crippen LogP contribution in [0.25, 0.3) is 0 Å². The van der Waals surface area contributed by atoms with Crippen LogP contribution in [0.3, 0.4) is 0 Å². The summed E-state index contributed by atoms with van der Waals surface area (Å²) < 4.78 is 12.4. The molecule has 120 valence electrons. The van der Waals surface area contributed by atoms with Crippen LogP contribution in [0.15, 0.2) is 23.3 Å². The minimum atomic E-state index is -0.386. The van der Waals surface area contributed by atoms with Gasteiger partial charge in [-0.2, -0.15) is 0 Å². The average Bonchev–Trinajstić information content (AvgIpc) is 2.95. The molecule has 6 fully saturated rings. The van der Waals surface area contributed by atoms with Crippen LogP contribution in [0.1, 0.15) is 26.7 Å². The van der Waals surface area contributed by atoms with Crippen LogP contribution in [0.2, 0.25) is 0 Å². The van der Waals surface area contributed by atoms with Gasteiger partial charge in [0.25, 0.3) is 0 Å². The Labute approximate surface area is 134 Å². The van der Waals surface area contributed by atoms with Gasteiger partial charge >= 0.3 is 5.97 Å². The molecule has 4 aliphatic carbocycles. The van der Waals surface area contributed by atoms with Gasteiger partial charge in [0.15, 0.2) is 5.78 Å². The zero-order valence-corrected chi connectivity index (χ0v) is 13.3. The molecule has 0 aromatic heterocycles. The molecule has 0 aromatic carbocycles. The Hall–Kier alpha value is -1.42. The van der Waals surface area contributed by atoms with Gasteiger partial charge in [0.1, 0.15) is 6.10 Å². The number of esters is 1. The van der Waals surface area contributed by atoms with Crippen LogP contribution < -0.4 is 0 Å². The third-order valence-corrected chi connectivity index (χ3v) is 7.94. The molecule has 0 aromatic rings. The fourth-order valence-corrected chi connectivity index (χ4v) is 7.25. The molecular weight excluding hydrogens is 292 g/mol. The van der Waals surface area contributed by atoms with Gasteiger partial charge in [-0.05, 0) is 43.8 Å². The van der Waals surface area contributed by atoms with Gasteiger partial charge < -0.3 is 9.47 Å². The Morgan fingerprint density at radius 3 is 2.78 bits per heavy atom. The molecule has 7 rings (SSSR count). The number of ketones is 1. The number of carbonyl (C=O) groups is 2. The molecule has 3 saturated carbocycles. The quantitative estimate of drug-likeness (QED) is 0.642. The lowest BCUT2D eigenvalue weighted by atomic mass is 9.47. The van der Waals surface area contributed by atoms with Crippen LogP contribution >= 0.6 is 0 Å². The highest BCUT2D eigenvalue weighted by molar-refractivity contribution is 6.01. The van der Waals surface area contributed by atoms with E-state index in [2.05, 4.69) is 13.8 Å². The zero-order chi connectivity index (χ0) is 15.7. The summed E-state index contributed by atoms with van der Waals surface area (Å²) in [5.74, 6) is 1.50. The Morgan fingerprint density at radius 1 is 1.13 bits per heavy atom. The van der Waals surface area contributed by atoms with Crippen molar-refractivity contribution >= 4 is 11.8 Å². The third kappa shape index (κ3) is 1.15. The topological polar surface area (TPSA) is 52.6 Å². The van der Waals surface area contributed by atoms with Crippen molar-refractivity contribution in [2.24, 2.45) is 35.0 Å². The van der Waals surface area contributed by atoms with E-state index in [0.717, 1.165) is 18.4 Å². The third-order valence-electron chi connectivity index (χ3n) is 7.94. The van der Waals surface area contributed by atoms with Gasteiger partial charge in [-0.1, -0.05) is 18.1 Å². The van der Waals surface area contributed by atoms with Crippen LogP contribution in [-0.2, 0) is 19.1 Å². The molecule has 7 aliphatic rings. The minimum absolute atomic E-state index is 0.00801. The van der Waals surface area contributed by atoms with E-state index in [9.17, 15) is 9.59 Å². The second-order valence-electron chi connectivity index (χ2n) is 8.43. The van der Waals surface area contributed by atoms with Gasteiger partial charge in [-0.3, -0.25) is 9.59 Å². The largest absolute Gasteiger partial charge is 0.459 e. The van der Waals surface area contributed by atoms with Gasteiger partial charge in [0.05, 0.1) is 17.6 Å². The molecule has 4 heteroatoms. The monoisotopic (exact) mass is 312 g/mol. The van der Waals surface area contributed by atoms with Crippen molar-refractivity contribution < 1.29 is 19.1 Å². The summed E-state index contributed by atoms with van der Waals surface area (Å²) in [6.45, 7) is 4.25. The van der Waals surface area contributed by atoms with E-state index in [-0.39, 0.29) is 47.3 Å². The first-order valence-electron chi connectivity index (χ1n) is 8.83. The Bertz CT molecular complexity index is 734. The van der Waals surface area contributed by atoms with E-state index < -0.39 is 0 Å². The molecule has 0 N–H and O–H groups in total. The van der Waals surface area contributed by atoms with Gasteiger partial charge in [-0.25, -0.2) is 0 Å². The maximum Gasteiger partial charge on any atom is 0.313 e. The lowest BCUT2D eigenvalue weighted by Gasteiger charge is -2.59. The maximum absolute atomic E-state index is 12.9. The number of hydrogen-bond acceptors (Lipinski definition) is 4. The fraction of sp³-hybridized carbons (Fsp3) is 0.684. The molecule has 4 nitrogen and oxygen atoms in total. The van der Waals surface area contributed by atoms with Gasteiger partial charge in [-0.15, -0.1) is 0 Å². The van der Waals surface area contributed by atoms with Crippen molar-refractivity contribution in [3.8, 4) is 0 Å². The smallest absolute Gasteiger partial charge is 0.313 e. The van der Waals surface area contributed by atoms with Crippen molar-refractivity contribution in [2.75, 3.05) is 0 Å². The molecule has 9 unspecified atom stereocenters. The fourth-order valence-electron chi connectivity index (χ4n) is 7.25. The van der Waals surface area contributed by atoms with Crippen LogP contribution in [0.4, 0.5) is 0 Å². The van der Waals surface area contributed by atoms with Crippen molar-refractivity contribution in [1.82, 2.24) is 0 Å². The van der Waals surface area contributed by atoms with Gasteiger partial charge in [0.2, 0.25) is 0 Å². The Morgan fingerprint density at radius 2 is 1.96 bits per heavy atom. The summed E-state index contributed by atoms with van der Waals surface area (Å²) in [5, 5.41) is 0. The highest BCUT2D eigenvalue weighted by atomic mass is 16.6. The predicted molar refractivity (Wildman–Crippen MR) is 80.2 cm³/mol. The highest BCUT2D eigenvalue weighted by Crippen LogP contribution is 2.73. The first-order valence-corrected chi connectivity index (χ1v) is 8.83. The summed E-state index contributed by atoms with van der Waals surface area (Å²) >= 11 is 0. The van der Waals surface area contributed by atoms with Crippen LogP contribution in [0.5, 0.6) is 0 Å². The molecule has 3 aliphatic heterocycles. The molecule has 23 heavy (non-hydrogen) atoms. The van der Waals surface area contributed by atoms with Crippen LogP contribution in [-0.4, -0.2) is 30.1 Å². The normalized spacial score (nSPS) is 57.8. The van der Waals surface area contributed by atoms with Crippen molar-refractivity contribution in [3.05, 3.63) is 23.3 Å². The van der Waals surface area contributed by atoms with E-state index in [0.29, 0.717) is 17.8 Å². The summed E-state index contributed by atoms with van der Waals surface area (Å²) in [5.41, 5.74) is 2.00. The number of ether oxygens (including phenoxy) is 2. The standard InChI is InChI=1S/C19H20O4/c1-7-5-10(20)6-9-3-4-19-8(2)15-17(23-18(19)21)13-14(19)12(9)11(7)16(13)22-15/h5-6,8,11-17H,3-4H2,1-2H3. The first-order chi connectivity index (χ1) is 11.0. The van der Waals surface area contributed by atoms with E-state index in [1.54, 1.807) is 6.08 Å². The second-order valence-corrected chi connectivity index (χ2v) is 8.43. The lowest BCUT2D eigenvalue weighted by Crippen LogP contribution is -2.67. The summed E-state index contributed by atoms with van der Waals surface area (Å²) in [7, 11) is 0. The Balaban J connectivity index is 1.64. The highest BCUT2D eigenvalue weighted by Gasteiger charge is 2.79. The SMILES string of the molecule is CC1=CC(=O)C=C2CCC34C(=O)OC5C(OC6C1C2C3C56)C4C. The van der Waals surface area contributed by atoms with E-state index in [4.69, 9.17) is 9.47 Å². The lowest BCUT2D eigenvalue weighted by molar-refractivity contribution is -0.232. The molecule has 3 saturated heterocycles. The molecular formula is C19H20O4. The minimum Gasteiger partial charge on any atom is -0.459 e. The summed E-state index contributed by atoms with van der Waals surface area (Å²) in [4.78, 5) is 25.1. The predicted octanol–water partition coefficient (Wildman–Crippen LogP) is 2.04. The molecule has 0 radical (unpaired) electrons. The summed E-state index contributed by atoms with van der Waals surface area (Å²) in [6, 6.07) is 0. The van der Waals surface area contributed by atoms with E-state index in [1.165, 1.54) is 5.57 Å². The summed E-state index contributed by atoms with van der Waals surface area (Å²) in [6.07, 6.45) is 5.39. The second kappa shape index (κ2) is 3.64. The van der Waals surface area contributed by atoms with Gasteiger partial charge in [0, 0.05) is 17.8 Å². The maximum atomic E-state index is 12.9. The molecule has 4 bridgehead atoms. The number of allylic oxidation sites excluding steroid dienone is 3. The molecule has 1 spiro atoms. The van der Waals surface area contributed by atoms with E-state index in [1.807, 2.05) is 6.08 Å². The number of rotatable bonds is 0. The average molecular weight is 312 g/mol. The van der Waals surface area contributed by atoms with Crippen molar-refractivity contribution in [1.29, 1.82) is 0 Å². The number of carbonyl (C=O) groups excluding carboxylic acids is 2. The molecule has 9 atom stereocenters. The van der Waals surface area contributed by atoms with E-state index >= 15 is 0 Å². The van der Waals surface area contributed by atoms with Crippen LogP contribution in [0, 0.1) is 35.0 Å². The molecule has 0 amide bonds. The number of fused-ring (bicyclic) bond motifs is 2.